The van der Waals surface area contributed by atoms with Crippen molar-refractivity contribution in [3.8, 4) is 0 Å². The quantitative estimate of drug-likeness (QED) is 0.619. The molecule has 0 atom stereocenters. The number of benzene rings is 2. The number of carbonyl (C=O) groups excluding carboxylic acids is 3. The Balaban J connectivity index is 2.05. The monoisotopic (exact) mass is 374 g/mol. The second-order valence-electron chi connectivity index (χ2n) is 5.69. The average molecular weight is 375 g/mol. The standard InChI is InChI=1S/C18H19ClN4O3/c1-11(2)20-18(26)21-15-10-6-4-8-13(15)17(25)23-22-16(24)12-7-3-5-9-14(12)19/h3-11H,1-2H3,(H,22,24)(H,23,25)(H2,20,21,26). The lowest BCUT2D eigenvalue weighted by molar-refractivity contribution is 0.0847. The number of carbonyl (C=O) groups is 3. The fourth-order valence-corrected chi connectivity index (χ4v) is 2.33. The third kappa shape index (κ3) is 5.22. The van der Waals surface area contributed by atoms with Gasteiger partial charge in [-0.3, -0.25) is 20.4 Å². The Labute approximate surface area is 156 Å². The minimum atomic E-state index is -0.578. The molecule has 0 saturated heterocycles. The van der Waals surface area contributed by atoms with E-state index in [4.69, 9.17) is 11.6 Å². The van der Waals surface area contributed by atoms with E-state index in [0.29, 0.717) is 5.69 Å². The van der Waals surface area contributed by atoms with Crippen LogP contribution in [0.4, 0.5) is 10.5 Å². The van der Waals surface area contributed by atoms with Gasteiger partial charge in [-0.1, -0.05) is 35.9 Å². The van der Waals surface area contributed by atoms with Crippen molar-refractivity contribution >= 4 is 35.1 Å². The number of hydrogen-bond acceptors (Lipinski definition) is 3. The van der Waals surface area contributed by atoms with Crippen LogP contribution in [-0.4, -0.2) is 23.9 Å². The zero-order chi connectivity index (χ0) is 19.1. The highest BCUT2D eigenvalue weighted by molar-refractivity contribution is 6.33. The maximum Gasteiger partial charge on any atom is 0.319 e. The van der Waals surface area contributed by atoms with Gasteiger partial charge >= 0.3 is 6.03 Å². The van der Waals surface area contributed by atoms with Crippen LogP contribution in [0.25, 0.3) is 0 Å². The number of hydrogen-bond donors (Lipinski definition) is 4. The second-order valence-corrected chi connectivity index (χ2v) is 6.09. The summed E-state index contributed by atoms with van der Waals surface area (Å²) in [5.74, 6) is -1.13. The number of urea groups is 1. The van der Waals surface area contributed by atoms with Crippen molar-refractivity contribution < 1.29 is 14.4 Å². The molecule has 4 amide bonds. The molecular formula is C18H19ClN4O3. The van der Waals surface area contributed by atoms with Gasteiger partial charge in [0.1, 0.15) is 0 Å². The van der Waals surface area contributed by atoms with Gasteiger partial charge in [-0.15, -0.1) is 0 Å². The Morgan fingerprint density at radius 2 is 1.38 bits per heavy atom. The minimum Gasteiger partial charge on any atom is -0.336 e. The molecule has 8 heteroatoms. The van der Waals surface area contributed by atoms with E-state index >= 15 is 0 Å². The molecule has 0 aliphatic heterocycles. The maximum atomic E-state index is 12.4. The fourth-order valence-electron chi connectivity index (χ4n) is 2.10. The highest BCUT2D eigenvalue weighted by atomic mass is 35.5. The summed E-state index contributed by atoms with van der Waals surface area (Å²) in [5.41, 5.74) is 5.36. The van der Waals surface area contributed by atoms with Crippen molar-refractivity contribution in [2.45, 2.75) is 19.9 Å². The molecule has 0 aliphatic carbocycles. The Morgan fingerprint density at radius 1 is 0.846 bits per heavy atom. The van der Waals surface area contributed by atoms with Crippen LogP contribution in [0, 0.1) is 0 Å². The lowest BCUT2D eigenvalue weighted by Gasteiger charge is -2.14. The van der Waals surface area contributed by atoms with Crippen LogP contribution in [0.5, 0.6) is 0 Å². The maximum absolute atomic E-state index is 12.4. The molecular weight excluding hydrogens is 356 g/mol. The van der Waals surface area contributed by atoms with Crippen molar-refractivity contribution in [3.63, 3.8) is 0 Å². The number of para-hydroxylation sites is 1. The molecule has 0 aromatic heterocycles. The van der Waals surface area contributed by atoms with Gasteiger partial charge in [-0.25, -0.2) is 4.79 Å². The van der Waals surface area contributed by atoms with E-state index in [9.17, 15) is 14.4 Å². The largest absolute Gasteiger partial charge is 0.336 e. The molecule has 0 radical (unpaired) electrons. The minimum absolute atomic E-state index is 0.0501. The van der Waals surface area contributed by atoms with Crippen molar-refractivity contribution in [1.82, 2.24) is 16.2 Å². The van der Waals surface area contributed by atoms with E-state index in [1.807, 2.05) is 13.8 Å². The lowest BCUT2D eigenvalue weighted by Crippen LogP contribution is -2.42. The van der Waals surface area contributed by atoms with Gasteiger partial charge in [-0.05, 0) is 38.1 Å². The average Bonchev–Trinajstić information content (AvgIpc) is 2.59. The lowest BCUT2D eigenvalue weighted by atomic mass is 10.1. The molecule has 7 nitrogen and oxygen atoms in total. The molecule has 2 rings (SSSR count). The van der Waals surface area contributed by atoms with E-state index in [1.54, 1.807) is 36.4 Å². The van der Waals surface area contributed by atoms with Crippen LogP contribution in [-0.2, 0) is 0 Å². The number of hydrazine groups is 1. The third-order valence-electron chi connectivity index (χ3n) is 3.25. The number of nitrogens with one attached hydrogen (secondary N) is 4. The van der Waals surface area contributed by atoms with Crippen LogP contribution in [0.1, 0.15) is 34.6 Å². The summed E-state index contributed by atoms with van der Waals surface area (Å²) in [4.78, 5) is 36.3. The second kappa shape index (κ2) is 8.87. The third-order valence-corrected chi connectivity index (χ3v) is 3.58. The first kappa shape index (κ1) is 19.3. The highest BCUT2D eigenvalue weighted by Gasteiger charge is 2.15. The first-order chi connectivity index (χ1) is 12.4. The van der Waals surface area contributed by atoms with Gasteiger partial charge in [0.2, 0.25) is 0 Å². The van der Waals surface area contributed by atoms with E-state index in [-0.39, 0.29) is 22.2 Å². The zero-order valence-electron chi connectivity index (χ0n) is 14.3. The molecule has 0 bridgehead atoms. The predicted octanol–water partition coefficient (Wildman–Crippen LogP) is 2.94. The first-order valence-electron chi connectivity index (χ1n) is 7.90. The molecule has 0 spiro atoms. The Hall–Kier alpha value is -3.06. The summed E-state index contributed by atoms with van der Waals surface area (Å²) in [6, 6.07) is 12.4. The van der Waals surface area contributed by atoms with E-state index in [1.165, 1.54) is 12.1 Å². The number of halogens is 1. The summed E-state index contributed by atoms with van der Waals surface area (Å²) in [5, 5.41) is 5.55. The summed E-state index contributed by atoms with van der Waals surface area (Å²) in [6.07, 6.45) is 0. The smallest absolute Gasteiger partial charge is 0.319 e. The van der Waals surface area contributed by atoms with Gasteiger partial charge in [0, 0.05) is 6.04 Å². The Kier molecular flexibility index (Phi) is 6.57. The topological polar surface area (TPSA) is 99.3 Å². The highest BCUT2D eigenvalue weighted by Crippen LogP contribution is 2.16. The zero-order valence-corrected chi connectivity index (χ0v) is 15.1. The van der Waals surface area contributed by atoms with Gasteiger partial charge in [0.05, 0.1) is 21.8 Å². The van der Waals surface area contributed by atoms with Crippen LogP contribution in [0.2, 0.25) is 5.02 Å². The van der Waals surface area contributed by atoms with Gasteiger partial charge in [0.15, 0.2) is 0 Å². The molecule has 0 fully saturated rings. The Bertz CT molecular complexity index is 824. The van der Waals surface area contributed by atoms with Crippen molar-refractivity contribution in [1.29, 1.82) is 0 Å². The summed E-state index contributed by atoms with van der Waals surface area (Å²) in [6.45, 7) is 3.64. The molecule has 136 valence electrons. The molecule has 4 N–H and O–H groups in total. The molecule has 0 unspecified atom stereocenters. The first-order valence-corrected chi connectivity index (χ1v) is 8.28. The molecule has 2 aromatic rings. The van der Waals surface area contributed by atoms with E-state index < -0.39 is 17.8 Å². The van der Waals surface area contributed by atoms with E-state index in [0.717, 1.165) is 0 Å². The molecule has 0 heterocycles. The van der Waals surface area contributed by atoms with Crippen molar-refractivity contribution in [2.24, 2.45) is 0 Å². The van der Waals surface area contributed by atoms with Crippen LogP contribution in [0.15, 0.2) is 48.5 Å². The van der Waals surface area contributed by atoms with Crippen LogP contribution >= 0.6 is 11.6 Å². The van der Waals surface area contributed by atoms with Gasteiger partial charge in [0.25, 0.3) is 11.8 Å². The van der Waals surface area contributed by atoms with Crippen LogP contribution < -0.4 is 21.5 Å². The van der Waals surface area contributed by atoms with Crippen molar-refractivity contribution in [2.75, 3.05) is 5.32 Å². The fraction of sp³-hybridized carbons (Fsp3) is 0.167. The Morgan fingerprint density at radius 3 is 2.00 bits per heavy atom. The van der Waals surface area contributed by atoms with E-state index in [2.05, 4.69) is 21.5 Å². The normalized spacial score (nSPS) is 10.2. The molecule has 0 saturated carbocycles. The molecule has 2 aromatic carbocycles. The SMILES string of the molecule is CC(C)NC(=O)Nc1ccccc1C(=O)NNC(=O)c1ccccc1Cl. The number of amides is 4. The predicted molar refractivity (Wildman–Crippen MR) is 100 cm³/mol. The van der Waals surface area contributed by atoms with Crippen LogP contribution in [0.3, 0.4) is 0 Å². The van der Waals surface area contributed by atoms with Gasteiger partial charge < -0.3 is 10.6 Å². The van der Waals surface area contributed by atoms with Gasteiger partial charge in [-0.2, -0.15) is 0 Å². The molecule has 26 heavy (non-hydrogen) atoms. The summed E-state index contributed by atoms with van der Waals surface area (Å²) in [7, 11) is 0. The number of anilines is 1. The molecule has 0 aliphatic rings. The summed E-state index contributed by atoms with van der Waals surface area (Å²) >= 11 is 5.95. The van der Waals surface area contributed by atoms with Crippen molar-refractivity contribution in [3.05, 3.63) is 64.7 Å². The summed E-state index contributed by atoms with van der Waals surface area (Å²) < 4.78 is 0. The number of rotatable bonds is 4.